The van der Waals surface area contributed by atoms with Gasteiger partial charge in [-0.25, -0.2) is 0 Å². The highest BCUT2D eigenvalue weighted by molar-refractivity contribution is 6.42. The number of rotatable bonds is 4. The third-order valence-corrected chi connectivity index (χ3v) is 3.84. The van der Waals surface area contributed by atoms with Crippen molar-refractivity contribution >= 4 is 41.5 Å². The Bertz CT molecular complexity index is 438. The summed E-state index contributed by atoms with van der Waals surface area (Å²) in [5.74, 6) is -0.334. The summed E-state index contributed by atoms with van der Waals surface area (Å²) in [5, 5.41) is 3.84. The Labute approximate surface area is 130 Å². The SMILES string of the molecule is CC(NC(=O)C(C)C(C)N)c1cccc(Cl)c1Cl.Cl. The molecule has 0 radical (unpaired) electrons. The van der Waals surface area contributed by atoms with Crippen LogP contribution in [-0.4, -0.2) is 11.9 Å². The van der Waals surface area contributed by atoms with Gasteiger partial charge in [0.25, 0.3) is 0 Å². The zero-order valence-electron chi connectivity index (χ0n) is 11.1. The second-order valence-electron chi connectivity index (χ2n) is 4.52. The van der Waals surface area contributed by atoms with Crippen LogP contribution in [0.1, 0.15) is 32.4 Å². The van der Waals surface area contributed by atoms with E-state index in [0.29, 0.717) is 10.0 Å². The number of hydrogen-bond donors (Lipinski definition) is 2. The van der Waals surface area contributed by atoms with Crippen molar-refractivity contribution in [2.75, 3.05) is 0 Å². The summed E-state index contributed by atoms with van der Waals surface area (Å²) in [6.07, 6.45) is 0. The number of benzene rings is 1. The lowest BCUT2D eigenvalue weighted by molar-refractivity contribution is -0.125. The minimum Gasteiger partial charge on any atom is -0.349 e. The Morgan fingerprint density at radius 2 is 1.84 bits per heavy atom. The topological polar surface area (TPSA) is 55.1 Å². The second kappa shape index (κ2) is 7.95. The van der Waals surface area contributed by atoms with Gasteiger partial charge >= 0.3 is 0 Å². The highest BCUT2D eigenvalue weighted by Crippen LogP contribution is 2.29. The molecule has 0 bridgehead atoms. The Hall–Kier alpha value is -0.480. The third-order valence-electron chi connectivity index (χ3n) is 3.01. The summed E-state index contributed by atoms with van der Waals surface area (Å²) in [4.78, 5) is 11.9. The van der Waals surface area contributed by atoms with Gasteiger partial charge in [-0.1, -0.05) is 42.3 Å². The van der Waals surface area contributed by atoms with Crippen molar-refractivity contribution in [2.45, 2.75) is 32.9 Å². The van der Waals surface area contributed by atoms with Gasteiger partial charge in [-0.05, 0) is 25.5 Å². The fourth-order valence-corrected chi connectivity index (χ4v) is 1.99. The molecule has 0 aromatic heterocycles. The summed E-state index contributed by atoms with van der Waals surface area (Å²) in [6.45, 7) is 5.47. The molecule has 0 fully saturated rings. The van der Waals surface area contributed by atoms with Gasteiger partial charge in [0, 0.05) is 12.0 Å². The van der Waals surface area contributed by atoms with Gasteiger partial charge in [0.1, 0.15) is 0 Å². The van der Waals surface area contributed by atoms with Crippen molar-refractivity contribution in [3.63, 3.8) is 0 Å². The summed E-state index contributed by atoms with van der Waals surface area (Å²) >= 11 is 12.0. The van der Waals surface area contributed by atoms with Gasteiger partial charge in [0.2, 0.25) is 5.91 Å². The Morgan fingerprint density at radius 3 is 2.37 bits per heavy atom. The highest BCUT2D eigenvalue weighted by atomic mass is 35.5. The van der Waals surface area contributed by atoms with Gasteiger partial charge in [0.15, 0.2) is 0 Å². The van der Waals surface area contributed by atoms with E-state index in [4.69, 9.17) is 28.9 Å². The first kappa shape index (κ1) is 18.5. The molecule has 3 atom stereocenters. The average molecular weight is 326 g/mol. The molecule has 0 aliphatic rings. The molecule has 1 aromatic rings. The monoisotopic (exact) mass is 324 g/mol. The number of amides is 1. The Morgan fingerprint density at radius 1 is 1.26 bits per heavy atom. The van der Waals surface area contributed by atoms with E-state index < -0.39 is 0 Å². The lowest BCUT2D eigenvalue weighted by atomic mass is 10.0. The first-order valence-corrected chi connectivity index (χ1v) is 6.60. The van der Waals surface area contributed by atoms with Crippen LogP contribution in [0, 0.1) is 5.92 Å². The summed E-state index contributed by atoms with van der Waals surface area (Å²) in [5.41, 5.74) is 6.50. The molecule has 1 aromatic carbocycles. The predicted octanol–water partition coefficient (Wildman–Crippen LogP) is 3.58. The Balaban J connectivity index is 0.00000324. The molecule has 6 heteroatoms. The number of nitrogens with two attached hydrogens (primary N) is 1. The molecule has 19 heavy (non-hydrogen) atoms. The highest BCUT2D eigenvalue weighted by Gasteiger charge is 2.20. The fraction of sp³-hybridized carbons (Fsp3) is 0.462. The van der Waals surface area contributed by atoms with Gasteiger partial charge in [-0.3, -0.25) is 4.79 Å². The van der Waals surface area contributed by atoms with Gasteiger partial charge in [-0.2, -0.15) is 0 Å². The number of nitrogens with one attached hydrogen (secondary N) is 1. The molecule has 1 rings (SSSR count). The van der Waals surface area contributed by atoms with Crippen molar-refractivity contribution in [2.24, 2.45) is 11.7 Å². The van der Waals surface area contributed by atoms with Crippen molar-refractivity contribution in [1.82, 2.24) is 5.32 Å². The maximum Gasteiger partial charge on any atom is 0.224 e. The van der Waals surface area contributed by atoms with Crippen LogP contribution in [0.25, 0.3) is 0 Å². The predicted molar refractivity (Wildman–Crippen MR) is 83.1 cm³/mol. The molecule has 108 valence electrons. The van der Waals surface area contributed by atoms with Crippen LogP contribution >= 0.6 is 35.6 Å². The largest absolute Gasteiger partial charge is 0.349 e. The molecule has 3 N–H and O–H groups in total. The quantitative estimate of drug-likeness (QED) is 0.889. The zero-order valence-corrected chi connectivity index (χ0v) is 13.4. The van der Waals surface area contributed by atoms with E-state index in [9.17, 15) is 4.79 Å². The molecule has 0 aliphatic carbocycles. The van der Waals surface area contributed by atoms with Crippen LogP contribution in [0.5, 0.6) is 0 Å². The molecular weight excluding hydrogens is 307 g/mol. The smallest absolute Gasteiger partial charge is 0.224 e. The second-order valence-corrected chi connectivity index (χ2v) is 5.31. The molecule has 0 saturated carbocycles. The molecule has 0 saturated heterocycles. The molecule has 0 aliphatic heterocycles. The lowest BCUT2D eigenvalue weighted by Crippen LogP contribution is -2.39. The normalized spacial score (nSPS) is 15.1. The minimum atomic E-state index is -0.245. The van der Waals surface area contributed by atoms with Gasteiger partial charge < -0.3 is 11.1 Å². The number of carbonyl (C=O) groups is 1. The molecule has 3 nitrogen and oxygen atoms in total. The first-order valence-electron chi connectivity index (χ1n) is 5.84. The van der Waals surface area contributed by atoms with Crippen molar-refractivity contribution < 1.29 is 4.79 Å². The number of carbonyl (C=O) groups excluding carboxylic acids is 1. The van der Waals surface area contributed by atoms with Crippen molar-refractivity contribution in [3.8, 4) is 0 Å². The van der Waals surface area contributed by atoms with E-state index in [1.807, 2.05) is 13.0 Å². The van der Waals surface area contributed by atoms with E-state index in [0.717, 1.165) is 5.56 Å². The summed E-state index contributed by atoms with van der Waals surface area (Å²) in [6, 6.07) is 4.97. The number of hydrogen-bond acceptors (Lipinski definition) is 2. The maximum absolute atomic E-state index is 11.9. The first-order chi connectivity index (χ1) is 8.34. The molecular formula is C13H19Cl3N2O. The van der Waals surface area contributed by atoms with E-state index in [-0.39, 0.29) is 36.3 Å². The lowest BCUT2D eigenvalue weighted by Gasteiger charge is -2.21. The average Bonchev–Trinajstić information content (AvgIpc) is 2.31. The fourth-order valence-electron chi connectivity index (χ4n) is 1.52. The molecule has 3 unspecified atom stereocenters. The van der Waals surface area contributed by atoms with Crippen molar-refractivity contribution in [1.29, 1.82) is 0 Å². The van der Waals surface area contributed by atoms with Gasteiger partial charge in [0.05, 0.1) is 16.1 Å². The van der Waals surface area contributed by atoms with Crippen LogP contribution in [0.4, 0.5) is 0 Å². The molecule has 0 spiro atoms. The summed E-state index contributed by atoms with van der Waals surface area (Å²) in [7, 11) is 0. The van der Waals surface area contributed by atoms with E-state index in [1.165, 1.54) is 0 Å². The van der Waals surface area contributed by atoms with Crippen LogP contribution in [0.2, 0.25) is 10.0 Å². The summed E-state index contributed by atoms with van der Waals surface area (Å²) < 4.78 is 0. The molecule has 1 amide bonds. The maximum atomic E-state index is 11.9. The molecule has 0 heterocycles. The van der Waals surface area contributed by atoms with Crippen LogP contribution in [0.15, 0.2) is 18.2 Å². The van der Waals surface area contributed by atoms with Crippen LogP contribution < -0.4 is 11.1 Å². The Kier molecular flexibility index (Phi) is 7.75. The standard InChI is InChI=1S/C13H18Cl2N2O.ClH/c1-7(8(2)16)13(18)17-9(3)10-5-4-6-11(14)12(10)15;/h4-9H,16H2,1-3H3,(H,17,18);1H. The third kappa shape index (κ3) is 4.84. The van der Waals surface area contributed by atoms with Crippen LogP contribution in [-0.2, 0) is 4.79 Å². The van der Waals surface area contributed by atoms with E-state index in [1.54, 1.807) is 26.0 Å². The zero-order chi connectivity index (χ0) is 13.9. The van der Waals surface area contributed by atoms with Crippen LogP contribution in [0.3, 0.4) is 0 Å². The number of halogens is 3. The van der Waals surface area contributed by atoms with E-state index >= 15 is 0 Å². The minimum absolute atomic E-state index is 0. The van der Waals surface area contributed by atoms with Crippen molar-refractivity contribution in [3.05, 3.63) is 33.8 Å². The van der Waals surface area contributed by atoms with Gasteiger partial charge in [-0.15, -0.1) is 12.4 Å². The van der Waals surface area contributed by atoms with E-state index in [2.05, 4.69) is 5.32 Å².